The van der Waals surface area contributed by atoms with Gasteiger partial charge in [0.2, 0.25) is 0 Å². The minimum absolute atomic E-state index is 0.106. The van der Waals surface area contributed by atoms with Gasteiger partial charge in [0.05, 0.1) is 19.3 Å². The van der Waals surface area contributed by atoms with Gasteiger partial charge in [0.1, 0.15) is 11.4 Å². The van der Waals surface area contributed by atoms with Gasteiger partial charge in [-0.2, -0.15) is 0 Å². The molecule has 2 atom stereocenters. The molecule has 2 unspecified atom stereocenters. The SMILES string of the molecule is CC(C)(C)OC(=O)N1CC(COCc2ccccc2)CC1c1ncc[nH]1. The Labute approximate surface area is 154 Å². The minimum atomic E-state index is -0.521. The summed E-state index contributed by atoms with van der Waals surface area (Å²) in [6.07, 6.45) is 4.00. The maximum absolute atomic E-state index is 12.6. The summed E-state index contributed by atoms with van der Waals surface area (Å²) in [7, 11) is 0. The molecule has 2 heterocycles. The zero-order chi connectivity index (χ0) is 18.6. The van der Waals surface area contributed by atoms with Gasteiger partial charge in [-0.25, -0.2) is 9.78 Å². The molecule has 0 spiro atoms. The Hall–Kier alpha value is -2.34. The van der Waals surface area contributed by atoms with Gasteiger partial charge in [-0.1, -0.05) is 30.3 Å². The molecule has 6 nitrogen and oxygen atoms in total. The predicted molar refractivity (Wildman–Crippen MR) is 98.5 cm³/mol. The summed E-state index contributed by atoms with van der Waals surface area (Å²) >= 11 is 0. The molecule has 1 aromatic heterocycles. The molecule has 1 amide bonds. The van der Waals surface area contributed by atoms with Gasteiger partial charge in [0.15, 0.2) is 0 Å². The van der Waals surface area contributed by atoms with Crippen LogP contribution in [-0.4, -0.2) is 39.7 Å². The number of carbonyl (C=O) groups is 1. The lowest BCUT2D eigenvalue weighted by atomic mass is 10.1. The first kappa shape index (κ1) is 18.5. The number of benzene rings is 1. The first-order chi connectivity index (χ1) is 12.4. The molecule has 0 aliphatic carbocycles. The highest BCUT2D eigenvalue weighted by atomic mass is 16.6. The van der Waals surface area contributed by atoms with Gasteiger partial charge in [0, 0.05) is 24.9 Å². The lowest BCUT2D eigenvalue weighted by Gasteiger charge is -2.27. The van der Waals surface area contributed by atoms with Crippen molar-refractivity contribution in [3.63, 3.8) is 0 Å². The first-order valence-electron chi connectivity index (χ1n) is 9.03. The molecule has 26 heavy (non-hydrogen) atoms. The topological polar surface area (TPSA) is 67.4 Å². The van der Waals surface area contributed by atoms with Gasteiger partial charge >= 0.3 is 6.09 Å². The number of imidazole rings is 1. The highest BCUT2D eigenvalue weighted by Crippen LogP contribution is 2.35. The van der Waals surface area contributed by atoms with E-state index in [1.165, 1.54) is 0 Å². The fourth-order valence-electron chi connectivity index (χ4n) is 3.20. The molecule has 1 N–H and O–H groups in total. The molecular formula is C20H27N3O3. The second-order valence-corrected chi connectivity index (χ2v) is 7.73. The fraction of sp³-hybridized carbons (Fsp3) is 0.500. The summed E-state index contributed by atoms with van der Waals surface area (Å²) in [5, 5.41) is 0. The third kappa shape index (κ3) is 4.85. The van der Waals surface area contributed by atoms with E-state index in [1.807, 2.05) is 51.1 Å². The summed E-state index contributed by atoms with van der Waals surface area (Å²) < 4.78 is 11.5. The van der Waals surface area contributed by atoms with E-state index in [-0.39, 0.29) is 18.1 Å². The Balaban J connectivity index is 1.61. The highest BCUT2D eigenvalue weighted by Gasteiger charge is 2.39. The average Bonchev–Trinajstić information content (AvgIpc) is 3.23. The number of hydrogen-bond acceptors (Lipinski definition) is 4. The van der Waals surface area contributed by atoms with E-state index in [1.54, 1.807) is 17.3 Å². The van der Waals surface area contributed by atoms with Crippen molar-refractivity contribution in [1.82, 2.24) is 14.9 Å². The maximum Gasteiger partial charge on any atom is 0.410 e. The number of hydrogen-bond donors (Lipinski definition) is 1. The van der Waals surface area contributed by atoms with Crippen molar-refractivity contribution in [3.8, 4) is 0 Å². The smallest absolute Gasteiger partial charge is 0.410 e. The standard InChI is InChI=1S/C20H27N3O3/c1-20(2,3)26-19(24)23-12-16(11-17(23)18-21-9-10-22-18)14-25-13-15-7-5-4-6-8-15/h4-10,16-17H,11-14H2,1-3H3,(H,21,22). The summed E-state index contributed by atoms with van der Waals surface area (Å²) in [4.78, 5) is 21.9. The van der Waals surface area contributed by atoms with Crippen LogP contribution >= 0.6 is 0 Å². The molecule has 1 saturated heterocycles. The van der Waals surface area contributed by atoms with Crippen LogP contribution in [0.5, 0.6) is 0 Å². The number of ether oxygens (including phenoxy) is 2. The molecule has 1 aliphatic heterocycles. The van der Waals surface area contributed by atoms with Gasteiger partial charge in [-0.05, 0) is 32.8 Å². The predicted octanol–water partition coefficient (Wildman–Crippen LogP) is 3.92. The lowest BCUT2D eigenvalue weighted by molar-refractivity contribution is 0.0203. The van der Waals surface area contributed by atoms with E-state index in [4.69, 9.17) is 9.47 Å². The van der Waals surface area contributed by atoms with Crippen LogP contribution < -0.4 is 0 Å². The fourth-order valence-corrected chi connectivity index (χ4v) is 3.20. The van der Waals surface area contributed by atoms with E-state index in [0.717, 1.165) is 17.8 Å². The number of nitrogens with zero attached hydrogens (tertiary/aromatic N) is 2. The third-order valence-electron chi connectivity index (χ3n) is 4.32. The number of likely N-dealkylation sites (tertiary alicyclic amines) is 1. The molecule has 140 valence electrons. The molecule has 1 aliphatic rings. The number of aromatic amines is 1. The van der Waals surface area contributed by atoms with Crippen molar-refractivity contribution in [2.45, 2.75) is 45.4 Å². The van der Waals surface area contributed by atoms with E-state index >= 15 is 0 Å². The largest absolute Gasteiger partial charge is 0.444 e. The molecule has 1 aromatic carbocycles. The van der Waals surface area contributed by atoms with Gasteiger partial charge in [0.25, 0.3) is 0 Å². The Morgan fingerprint density at radius 1 is 1.31 bits per heavy atom. The maximum atomic E-state index is 12.6. The summed E-state index contributed by atoms with van der Waals surface area (Å²) in [5.74, 6) is 1.04. The second kappa shape index (κ2) is 7.91. The van der Waals surface area contributed by atoms with Crippen LogP contribution in [0.15, 0.2) is 42.7 Å². The van der Waals surface area contributed by atoms with Crippen LogP contribution in [0.25, 0.3) is 0 Å². The summed E-state index contributed by atoms with van der Waals surface area (Å²) in [5.41, 5.74) is 0.629. The zero-order valence-electron chi connectivity index (χ0n) is 15.6. The molecule has 6 heteroatoms. The molecule has 0 saturated carbocycles. The number of H-pyrrole nitrogens is 1. The Morgan fingerprint density at radius 3 is 2.73 bits per heavy atom. The number of carbonyl (C=O) groups excluding carboxylic acids is 1. The normalized spacial score (nSPS) is 20.3. The molecular weight excluding hydrogens is 330 g/mol. The minimum Gasteiger partial charge on any atom is -0.444 e. The van der Waals surface area contributed by atoms with E-state index in [0.29, 0.717) is 19.8 Å². The Bertz CT molecular complexity index is 695. The van der Waals surface area contributed by atoms with E-state index < -0.39 is 5.60 Å². The van der Waals surface area contributed by atoms with Crippen LogP contribution in [0.3, 0.4) is 0 Å². The van der Waals surface area contributed by atoms with Crippen LogP contribution in [0.2, 0.25) is 0 Å². The van der Waals surface area contributed by atoms with Gasteiger partial charge < -0.3 is 14.5 Å². The molecule has 2 aromatic rings. The van der Waals surface area contributed by atoms with Crippen molar-refractivity contribution in [2.75, 3.05) is 13.2 Å². The Kier molecular flexibility index (Phi) is 5.61. The van der Waals surface area contributed by atoms with Crippen molar-refractivity contribution in [3.05, 3.63) is 54.1 Å². The van der Waals surface area contributed by atoms with E-state index in [2.05, 4.69) is 9.97 Å². The van der Waals surface area contributed by atoms with Crippen LogP contribution in [-0.2, 0) is 16.1 Å². The van der Waals surface area contributed by atoms with Gasteiger partial charge in [-0.3, -0.25) is 4.90 Å². The molecule has 0 bridgehead atoms. The van der Waals surface area contributed by atoms with Crippen molar-refractivity contribution in [2.24, 2.45) is 5.92 Å². The Morgan fingerprint density at radius 2 is 2.08 bits per heavy atom. The summed E-state index contributed by atoms with van der Waals surface area (Å²) in [6.45, 7) is 7.42. The van der Waals surface area contributed by atoms with Crippen LogP contribution in [0, 0.1) is 5.92 Å². The zero-order valence-corrected chi connectivity index (χ0v) is 15.6. The first-order valence-corrected chi connectivity index (χ1v) is 9.03. The second-order valence-electron chi connectivity index (χ2n) is 7.73. The number of rotatable bonds is 5. The number of nitrogens with one attached hydrogen (secondary N) is 1. The average molecular weight is 357 g/mol. The van der Waals surface area contributed by atoms with Crippen molar-refractivity contribution >= 4 is 6.09 Å². The third-order valence-corrected chi connectivity index (χ3v) is 4.32. The van der Waals surface area contributed by atoms with Crippen molar-refractivity contribution in [1.29, 1.82) is 0 Å². The number of amides is 1. The highest BCUT2D eigenvalue weighted by molar-refractivity contribution is 5.69. The summed E-state index contributed by atoms with van der Waals surface area (Å²) in [6, 6.07) is 10.00. The van der Waals surface area contributed by atoms with Crippen LogP contribution in [0.4, 0.5) is 4.79 Å². The lowest BCUT2D eigenvalue weighted by Crippen LogP contribution is -2.37. The molecule has 3 rings (SSSR count). The van der Waals surface area contributed by atoms with Crippen LogP contribution in [0.1, 0.15) is 44.6 Å². The van der Waals surface area contributed by atoms with E-state index in [9.17, 15) is 4.79 Å². The monoisotopic (exact) mass is 357 g/mol. The molecule has 1 fully saturated rings. The number of aromatic nitrogens is 2. The van der Waals surface area contributed by atoms with Crippen molar-refractivity contribution < 1.29 is 14.3 Å². The van der Waals surface area contributed by atoms with Gasteiger partial charge in [-0.15, -0.1) is 0 Å². The molecule has 0 radical (unpaired) electrons. The quantitative estimate of drug-likeness (QED) is 0.880.